The molecule has 0 radical (unpaired) electrons. The molecule has 4 heteroatoms. The molecule has 0 aliphatic heterocycles. The smallest absolute Gasteiger partial charge is 0.206 e. The number of rotatable bonds is 0. The van der Waals surface area contributed by atoms with E-state index in [4.69, 9.17) is 0 Å². The second kappa shape index (κ2) is 3.51. The Bertz CT molecular complexity index is 358. The van der Waals surface area contributed by atoms with E-state index in [1.165, 1.54) is 6.07 Å². The predicted molar refractivity (Wildman–Crippen MR) is 50.1 cm³/mol. The lowest BCUT2D eigenvalue weighted by molar-refractivity contribution is -0.140. The van der Waals surface area contributed by atoms with Gasteiger partial charge in [0, 0.05) is 0 Å². The summed E-state index contributed by atoms with van der Waals surface area (Å²) >= 11 is 0. The van der Waals surface area contributed by atoms with Crippen LogP contribution in [0.3, 0.4) is 0 Å². The molecule has 0 saturated carbocycles. The van der Waals surface area contributed by atoms with E-state index in [9.17, 15) is 17.6 Å². The highest BCUT2D eigenvalue weighted by Crippen LogP contribution is 2.33. The first-order valence-electron chi connectivity index (χ1n) is 4.49. The summed E-state index contributed by atoms with van der Waals surface area (Å²) in [5.41, 5.74) is -1.02. The maximum Gasteiger partial charge on any atom is 0.419 e. The SMILES string of the molecule is CC(C)(C)c1ccc(C(F)(F)F)c(F)c1. The zero-order chi connectivity index (χ0) is 11.9. The largest absolute Gasteiger partial charge is 0.419 e. The Labute approximate surface area is 85.9 Å². The van der Waals surface area contributed by atoms with Crippen molar-refractivity contribution in [3.8, 4) is 0 Å². The van der Waals surface area contributed by atoms with Crippen molar-refractivity contribution in [2.75, 3.05) is 0 Å². The van der Waals surface area contributed by atoms with E-state index in [-0.39, 0.29) is 5.41 Å². The molecule has 0 aromatic heterocycles. The first-order chi connectivity index (χ1) is 6.62. The zero-order valence-electron chi connectivity index (χ0n) is 8.74. The predicted octanol–water partition coefficient (Wildman–Crippen LogP) is 4.14. The van der Waals surface area contributed by atoms with Crippen LogP contribution in [0.15, 0.2) is 18.2 Å². The van der Waals surface area contributed by atoms with Crippen LogP contribution in [-0.2, 0) is 11.6 Å². The fraction of sp³-hybridized carbons (Fsp3) is 0.455. The van der Waals surface area contributed by atoms with Crippen molar-refractivity contribution in [3.63, 3.8) is 0 Å². The summed E-state index contributed by atoms with van der Waals surface area (Å²) in [4.78, 5) is 0. The van der Waals surface area contributed by atoms with Gasteiger partial charge in [-0.1, -0.05) is 26.8 Å². The fourth-order valence-corrected chi connectivity index (χ4v) is 1.21. The van der Waals surface area contributed by atoms with E-state index >= 15 is 0 Å². The van der Waals surface area contributed by atoms with Crippen LogP contribution < -0.4 is 0 Å². The van der Waals surface area contributed by atoms with Gasteiger partial charge in [0.2, 0.25) is 0 Å². The molecule has 0 spiro atoms. The summed E-state index contributed by atoms with van der Waals surface area (Å²) in [5, 5.41) is 0. The maximum atomic E-state index is 13.2. The first kappa shape index (κ1) is 12.0. The summed E-state index contributed by atoms with van der Waals surface area (Å²) in [6.45, 7) is 5.44. The van der Waals surface area contributed by atoms with Crippen molar-refractivity contribution >= 4 is 0 Å². The van der Waals surface area contributed by atoms with Gasteiger partial charge >= 0.3 is 6.18 Å². The quantitative estimate of drug-likeness (QED) is 0.576. The molecule has 0 fully saturated rings. The molecule has 1 rings (SSSR count). The van der Waals surface area contributed by atoms with Crippen LogP contribution in [0.5, 0.6) is 0 Å². The third kappa shape index (κ3) is 2.70. The minimum atomic E-state index is -4.62. The summed E-state index contributed by atoms with van der Waals surface area (Å²) in [7, 11) is 0. The molecule has 0 nitrogen and oxygen atoms in total. The van der Waals surface area contributed by atoms with Gasteiger partial charge in [0.15, 0.2) is 0 Å². The van der Waals surface area contributed by atoms with Gasteiger partial charge in [0.25, 0.3) is 0 Å². The van der Waals surface area contributed by atoms with Crippen LogP contribution in [0.4, 0.5) is 17.6 Å². The molecule has 84 valence electrons. The van der Waals surface area contributed by atoms with Gasteiger partial charge < -0.3 is 0 Å². The van der Waals surface area contributed by atoms with Gasteiger partial charge in [-0.15, -0.1) is 0 Å². The molecule has 0 atom stereocenters. The van der Waals surface area contributed by atoms with Gasteiger partial charge in [-0.25, -0.2) is 4.39 Å². The topological polar surface area (TPSA) is 0 Å². The average molecular weight is 220 g/mol. The molecule has 0 N–H and O–H groups in total. The first-order valence-corrected chi connectivity index (χ1v) is 4.49. The minimum Gasteiger partial charge on any atom is -0.206 e. The molecular weight excluding hydrogens is 208 g/mol. The van der Waals surface area contributed by atoms with Crippen LogP contribution in [0.1, 0.15) is 31.9 Å². The summed E-state index contributed by atoms with van der Waals surface area (Å²) < 4.78 is 49.9. The lowest BCUT2D eigenvalue weighted by Crippen LogP contribution is -2.14. The molecule has 0 heterocycles. The molecule has 0 aliphatic rings. The second-order valence-corrected chi connectivity index (χ2v) is 4.44. The highest BCUT2D eigenvalue weighted by Gasteiger charge is 2.34. The second-order valence-electron chi connectivity index (χ2n) is 4.44. The number of hydrogen-bond donors (Lipinski definition) is 0. The molecule has 0 aliphatic carbocycles. The van der Waals surface area contributed by atoms with Crippen molar-refractivity contribution in [1.29, 1.82) is 0 Å². The Hall–Kier alpha value is -1.06. The Balaban J connectivity index is 3.21. The minimum absolute atomic E-state index is 0.356. The van der Waals surface area contributed by atoms with Crippen LogP contribution in [0.2, 0.25) is 0 Å². The maximum absolute atomic E-state index is 13.2. The lowest BCUT2D eigenvalue weighted by Gasteiger charge is -2.20. The molecule has 0 amide bonds. The van der Waals surface area contributed by atoms with Gasteiger partial charge in [-0.05, 0) is 23.1 Å². The Morgan fingerprint density at radius 2 is 1.53 bits per heavy atom. The zero-order valence-corrected chi connectivity index (χ0v) is 8.74. The highest BCUT2D eigenvalue weighted by atomic mass is 19.4. The number of benzene rings is 1. The van der Waals surface area contributed by atoms with Crippen molar-refractivity contribution in [2.45, 2.75) is 32.4 Å². The van der Waals surface area contributed by atoms with Crippen molar-refractivity contribution in [3.05, 3.63) is 35.1 Å². The van der Waals surface area contributed by atoms with Gasteiger partial charge in [-0.3, -0.25) is 0 Å². The number of alkyl halides is 3. The summed E-state index contributed by atoms with van der Waals surface area (Å²) in [5.74, 6) is -1.21. The molecule has 0 saturated heterocycles. The van der Waals surface area contributed by atoms with Crippen LogP contribution in [0, 0.1) is 5.82 Å². The normalized spacial score (nSPS) is 13.0. The lowest BCUT2D eigenvalue weighted by atomic mass is 9.86. The molecule has 1 aromatic carbocycles. The average Bonchev–Trinajstić information content (AvgIpc) is 1.99. The van der Waals surface area contributed by atoms with E-state index in [2.05, 4.69) is 0 Å². The van der Waals surface area contributed by atoms with E-state index in [1.807, 2.05) is 20.8 Å². The van der Waals surface area contributed by atoms with Gasteiger partial charge in [-0.2, -0.15) is 13.2 Å². The molecule has 1 aromatic rings. The number of halogens is 4. The van der Waals surface area contributed by atoms with E-state index in [0.29, 0.717) is 5.56 Å². The Kier molecular flexibility index (Phi) is 2.81. The number of hydrogen-bond acceptors (Lipinski definition) is 0. The molecule has 0 unspecified atom stereocenters. The third-order valence-electron chi connectivity index (χ3n) is 2.14. The monoisotopic (exact) mass is 220 g/mol. The van der Waals surface area contributed by atoms with Crippen molar-refractivity contribution in [1.82, 2.24) is 0 Å². The fourth-order valence-electron chi connectivity index (χ4n) is 1.21. The molecule has 15 heavy (non-hydrogen) atoms. The van der Waals surface area contributed by atoms with Crippen LogP contribution in [0.25, 0.3) is 0 Å². The third-order valence-corrected chi connectivity index (χ3v) is 2.14. The van der Waals surface area contributed by atoms with Crippen molar-refractivity contribution in [2.24, 2.45) is 0 Å². The standard InChI is InChI=1S/C11H12F4/c1-10(2,3)7-4-5-8(9(12)6-7)11(13,14)15/h4-6H,1-3H3. The van der Waals surface area contributed by atoms with Gasteiger partial charge in [0.05, 0.1) is 5.56 Å². The van der Waals surface area contributed by atoms with E-state index in [1.54, 1.807) is 0 Å². The van der Waals surface area contributed by atoms with Crippen LogP contribution >= 0.6 is 0 Å². The van der Waals surface area contributed by atoms with Crippen molar-refractivity contribution < 1.29 is 17.6 Å². The Morgan fingerprint density at radius 3 is 1.87 bits per heavy atom. The summed E-state index contributed by atoms with van der Waals surface area (Å²) in [6, 6.07) is 3.05. The van der Waals surface area contributed by atoms with Crippen LogP contribution in [-0.4, -0.2) is 0 Å². The van der Waals surface area contributed by atoms with Gasteiger partial charge in [0.1, 0.15) is 5.82 Å². The van der Waals surface area contributed by atoms with E-state index in [0.717, 1.165) is 12.1 Å². The Morgan fingerprint density at radius 1 is 1.00 bits per heavy atom. The molecular formula is C11H12F4. The highest BCUT2D eigenvalue weighted by molar-refractivity contribution is 5.30. The molecule has 0 bridgehead atoms. The summed E-state index contributed by atoms with van der Waals surface area (Å²) in [6.07, 6.45) is -4.62. The van der Waals surface area contributed by atoms with E-state index < -0.39 is 17.6 Å².